The third-order valence-electron chi connectivity index (χ3n) is 1.22. The molecule has 52 valence electrons. The van der Waals surface area contributed by atoms with Gasteiger partial charge in [-0.1, -0.05) is 0 Å². The molecule has 0 amide bonds. The van der Waals surface area contributed by atoms with E-state index >= 15 is 0 Å². The van der Waals surface area contributed by atoms with Crippen molar-refractivity contribution in [3.63, 3.8) is 0 Å². The van der Waals surface area contributed by atoms with Crippen molar-refractivity contribution >= 4 is 11.0 Å². The van der Waals surface area contributed by atoms with E-state index in [1.807, 2.05) is 6.07 Å². The average molecular weight is 178 g/mol. The molecule has 3 nitrogen and oxygen atoms in total. The van der Waals surface area contributed by atoms with Crippen LogP contribution in [0.4, 0.5) is 0 Å². The first kappa shape index (κ1) is 10.9. The molecule has 0 saturated heterocycles. The van der Waals surface area contributed by atoms with Gasteiger partial charge in [0.05, 0.1) is 23.6 Å². The minimum absolute atomic E-state index is 0. The Kier molecular flexibility index (Phi) is 4.68. The number of H-pyrrole nitrogens is 1. The third-order valence-corrected chi connectivity index (χ3v) is 1.22. The number of rotatable bonds is 0. The van der Waals surface area contributed by atoms with Crippen LogP contribution in [0.2, 0.25) is 0 Å². The summed E-state index contributed by atoms with van der Waals surface area (Å²) in [6.07, 6.45) is 5.14. The quantitative estimate of drug-likeness (QED) is 0.410. The average Bonchev–Trinajstić information content (AvgIpc) is 2.33. The molecule has 0 bridgehead atoms. The zero-order valence-corrected chi connectivity index (χ0v) is 8.84. The Hall–Kier alpha value is -0.0900. The molecule has 0 saturated carbocycles. The van der Waals surface area contributed by atoms with Crippen molar-refractivity contribution in [3.05, 3.63) is 24.8 Å². The van der Waals surface area contributed by atoms with Crippen molar-refractivity contribution in [2.24, 2.45) is 0 Å². The Morgan fingerprint density at radius 2 is 2.18 bits per heavy atom. The smallest absolute Gasteiger partial charge is 1.00 e. The van der Waals surface area contributed by atoms with Gasteiger partial charge in [0.1, 0.15) is 0 Å². The van der Waals surface area contributed by atoms with Gasteiger partial charge < -0.3 is 17.4 Å². The maximum atomic E-state index is 4.02. The van der Waals surface area contributed by atoms with Crippen LogP contribution in [0.1, 0.15) is 0 Å². The number of halogens is 1. The van der Waals surface area contributed by atoms with E-state index in [1.54, 1.807) is 18.7 Å². The first-order valence-corrected chi connectivity index (χ1v) is 2.70. The molecule has 11 heavy (non-hydrogen) atoms. The predicted molar refractivity (Wildman–Crippen MR) is 33.9 cm³/mol. The zero-order valence-electron chi connectivity index (χ0n) is 6.08. The summed E-state index contributed by atoms with van der Waals surface area (Å²) in [5.74, 6) is 0. The third kappa shape index (κ3) is 2.17. The maximum Gasteiger partial charge on any atom is 1.00 e. The summed E-state index contributed by atoms with van der Waals surface area (Å²) < 4.78 is 0. The minimum atomic E-state index is 0. The number of nitrogens with one attached hydrogen (secondary N) is 1. The summed E-state index contributed by atoms with van der Waals surface area (Å²) in [5.41, 5.74) is 1.95. The van der Waals surface area contributed by atoms with E-state index < -0.39 is 0 Å². The van der Waals surface area contributed by atoms with Crippen molar-refractivity contribution in [3.8, 4) is 0 Å². The van der Waals surface area contributed by atoms with Crippen molar-refractivity contribution in [2.75, 3.05) is 0 Å². The molecule has 0 fully saturated rings. The number of pyridine rings is 1. The first-order valence-electron chi connectivity index (χ1n) is 2.70. The normalized spacial score (nSPS) is 8.36. The number of aromatic nitrogens is 3. The number of fused-ring (bicyclic) bond motifs is 1. The van der Waals surface area contributed by atoms with E-state index in [2.05, 4.69) is 15.0 Å². The largest absolute Gasteiger partial charge is 1.00 e. The molecule has 2 rings (SSSR count). The molecule has 1 N–H and O–H groups in total. The molecule has 0 spiro atoms. The van der Waals surface area contributed by atoms with Gasteiger partial charge in [0.15, 0.2) is 0 Å². The van der Waals surface area contributed by atoms with Crippen LogP contribution in [-0.4, -0.2) is 15.0 Å². The Morgan fingerprint density at radius 1 is 1.36 bits per heavy atom. The Morgan fingerprint density at radius 3 is 2.91 bits per heavy atom. The van der Waals surface area contributed by atoms with Crippen LogP contribution in [0.25, 0.3) is 11.0 Å². The van der Waals surface area contributed by atoms with E-state index in [-0.39, 0.29) is 42.0 Å². The van der Waals surface area contributed by atoms with Gasteiger partial charge in [-0.2, -0.15) is 0 Å². The molecule has 0 radical (unpaired) electrons. The van der Waals surface area contributed by atoms with Crippen LogP contribution < -0.4 is 42.0 Å². The van der Waals surface area contributed by atoms with Crippen LogP contribution in [0.3, 0.4) is 0 Å². The summed E-state index contributed by atoms with van der Waals surface area (Å²) in [6, 6.07) is 1.87. The van der Waals surface area contributed by atoms with Crippen LogP contribution in [0.5, 0.6) is 0 Å². The topological polar surface area (TPSA) is 41.6 Å². The second-order valence-corrected chi connectivity index (χ2v) is 1.80. The number of aromatic amines is 1. The van der Waals surface area contributed by atoms with Crippen molar-refractivity contribution in [1.29, 1.82) is 0 Å². The monoisotopic (exact) mass is 177 g/mol. The Balaban J connectivity index is 0.000000500. The van der Waals surface area contributed by atoms with Gasteiger partial charge in [0.25, 0.3) is 0 Å². The standard InChI is InChI=1S/C6H5N3.ClH.Na/c1-2-7-3-6-5(1)8-4-9-6;;/h1-4H,(H,8,9);1H;/q;;+1/p-1. The van der Waals surface area contributed by atoms with Gasteiger partial charge in [-0.15, -0.1) is 0 Å². The van der Waals surface area contributed by atoms with E-state index in [4.69, 9.17) is 0 Å². The molecular formula is C6H5ClN3Na. The van der Waals surface area contributed by atoms with Gasteiger partial charge in [0.2, 0.25) is 0 Å². The van der Waals surface area contributed by atoms with Crippen molar-refractivity contribution in [1.82, 2.24) is 15.0 Å². The Labute approximate surface area is 92.3 Å². The van der Waals surface area contributed by atoms with Crippen LogP contribution >= 0.6 is 0 Å². The molecule has 0 atom stereocenters. The molecular weight excluding hydrogens is 173 g/mol. The second kappa shape index (κ2) is 4.72. The molecule has 0 aliphatic rings. The maximum absolute atomic E-state index is 4.02. The summed E-state index contributed by atoms with van der Waals surface area (Å²) in [5, 5.41) is 0. The van der Waals surface area contributed by atoms with Crippen molar-refractivity contribution < 1.29 is 42.0 Å². The van der Waals surface area contributed by atoms with Gasteiger partial charge in [-0.3, -0.25) is 4.98 Å². The second-order valence-electron chi connectivity index (χ2n) is 1.80. The summed E-state index contributed by atoms with van der Waals surface area (Å²) in [7, 11) is 0. The van der Waals surface area contributed by atoms with Gasteiger partial charge in [-0.25, -0.2) is 4.98 Å². The molecule has 2 heterocycles. The van der Waals surface area contributed by atoms with Crippen molar-refractivity contribution in [2.45, 2.75) is 0 Å². The van der Waals surface area contributed by atoms with E-state index in [0.717, 1.165) is 11.0 Å². The van der Waals surface area contributed by atoms with Crippen LogP contribution in [0, 0.1) is 0 Å². The van der Waals surface area contributed by atoms with Gasteiger partial charge in [0, 0.05) is 6.20 Å². The summed E-state index contributed by atoms with van der Waals surface area (Å²) in [6.45, 7) is 0. The fourth-order valence-corrected chi connectivity index (χ4v) is 0.782. The van der Waals surface area contributed by atoms with Crippen LogP contribution in [0.15, 0.2) is 24.8 Å². The predicted octanol–water partition coefficient (Wildman–Crippen LogP) is -5.03. The number of hydrogen-bond acceptors (Lipinski definition) is 2. The molecule has 0 aliphatic heterocycles. The molecule has 0 unspecified atom stereocenters. The molecule has 2 aromatic heterocycles. The van der Waals surface area contributed by atoms with Gasteiger partial charge in [-0.05, 0) is 6.07 Å². The fourth-order valence-electron chi connectivity index (χ4n) is 0.782. The first-order chi connectivity index (χ1) is 4.47. The summed E-state index contributed by atoms with van der Waals surface area (Å²) in [4.78, 5) is 10.9. The van der Waals surface area contributed by atoms with E-state index in [0.29, 0.717) is 0 Å². The van der Waals surface area contributed by atoms with E-state index in [1.165, 1.54) is 0 Å². The fraction of sp³-hybridized carbons (Fsp3) is 0. The Bertz CT molecular complexity index is 292. The van der Waals surface area contributed by atoms with E-state index in [9.17, 15) is 0 Å². The van der Waals surface area contributed by atoms with Crippen LogP contribution in [-0.2, 0) is 0 Å². The molecule has 0 aromatic carbocycles. The molecule has 5 heteroatoms. The minimum Gasteiger partial charge on any atom is -1.00 e. The zero-order chi connectivity index (χ0) is 6.10. The molecule has 2 aromatic rings. The SMILES string of the molecule is [Cl-].[Na+].c1cc2nc[nH]c2cn1. The number of hydrogen-bond donors (Lipinski definition) is 1. The summed E-state index contributed by atoms with van der Waals surface area (Å²) >= 11 is 0. The molecule has 0 aliphatic carbocycles. The number of imidazole rings is 1. The van der Waals surface area contributed by atoms with Gasteiger partial charge >= 0.3 is 29.6 Å². The number of nitrogens with zero attached hydrogens (tertiary/aromatic N) is 2.